The van der Waals surface area contributed by atoms with Crippen LogP contribution in [0.3, 0.4) is 0 Å². The summed E-state index contributed by atoms with van der Waals surface area (Å²) < 4.78 is 0. The van der Waals surface area contributed by atoms with Gasteiger partial charge in [0.25, 0.3) is 0 Å². The number of rotatable bonds is 5. The maximum absolute atomic E-state index is 12.7. The summed E-state index contributed by atoms with van der Waals surface area (Å²) in [5, 5.41) is 12.8. The minimum atomic E-state index is -0.851. The molecule has 1 saturated heterocycles. The molecule has 6 heteroatoms. The topological polar surface area (TPSA) is 69.6 Å². The molecule has 2 atom stereocenters. The number of urea groups is 1. The van der Waals surface area contributed by atoms with Gasteiger partial charge in [0.05, 0.1) is 12.0 Å². The van der Waals surface area contributed by atoms with E-state index in [1.54, 1.807) is 4.90 Å². The second-order valence-electron chi connectivity index (χ2n) is 6.48. The van der Waals surface area contributed by atoms with Crippen LogP contribution in [0.4, 0.5) is 4.79 Å². The molecule has 136 valence electrons. The molecule has 0 bridgehead atoms. The number of carbonyl (C=O) groups excluding carboxylic acids is 1. The number of amides is 2. The van der Waals surface area contributed by atoms with Crippen LogP contribution in [0.2, 0.25) is 5.02 Å². The van der Waals surface area contributed by atoms with E-state index >= 15 is 0 Å². The Hall–Kier alpha value is -2.53. The second kappa shape index (κ2) is 8.23. The molecular weight excluding hydrogens is 352 g/mol. The third kappa shape index (κ3) is 4.35. The van der Waals surface area contributed by atoms with Gasteiger partial charge in [-0.3, -0.25) is 4.79 Å². The SMILES string of the molecule is O=C(O)C1CCN(C(=O)NC(Cc2ccccc2Cl)c2ccccc2)C1. The van der Waals surface area contributed by atoms with Crippen molar-refractivity contribution in [3.63, 3.8) is 0 Å². The van der Waals surface area contributed by atoms with Crippen molar-refractivity contribution in [3.8, 4) is 0 Å². The molecule has 2 aromatic carbocycles. The molecule has 0 saturated carbocycles. The van der Waals surface area contributed by atoms with Crippen molar-refractivity contribution in [2.45, 2.75) is 18.9 Å². The molecule has 0 spiro atoms. The van der Waals surface area contributed by atoms with E-state index in [-0.39, 0.29) is 18.6 Å². The zero-order valence-electron chi connectivity index (χ0n) is 14.3. The average molecular weight is 373 g/mol. The molecule has 2 unspecified atom stereocenters. The Labute approximate surface area is 157 Å². The maximum atomic E-state index is 12.7. The monoisotopic (exact) mass is 372 g/mol. The van der Waals surface area contributed by atoms with Crippen molar-refractivity contribution in [2.75, 3.05) is 13.1 Å². The van der Waals surface area contributed by atoms with Crippen molar-refractivity contribution in [2.24, 2.45) is 5.92 Å². The summed E-state index contributed by atoms with van der Waals surface area (Å²) in [5.74, 6) is -1.34. The molecule has 0 aromatic heterocycles. The lowest BCUT2D eigenvalue weighted by molar-refractivity contribution is -0.141. The van der Waals surface area contributed by atoms with E-state index in [9.17, 15) is 9.59 Å². The van der Waals surface area contributed by atoms with Gasteiger partial charge in [0.15, 0.2) is 0 Å². The second-order valence-corrected chi connectivity index (χ2v) is 6.89. The fourth-order valence-corrected chi connectivity index (χ4v) is 3.42. The van der Waals surface area contributed by atoms with E-state index in [1.165, 1.54) is 0 Å². The largest absolute Gasteiger partial charge is 0.481 e. The Morgan fingerprint density at radius 3 is 2.50 bits per heavy atom. The Morgan fingerprint density at radius 1 is 1.15 bits per heavy atom. The first kappa shape index (κ1) is 18.3. The highest BCUT2D eigenvalue weighted by Crippen LogP contribution is 2.24. The normalized spacial score (nSPS) is 17.7. The van der Waals surface area contributed by atoms with Crippen LogP contribution in [0.25, 0.3) is 0 Å². The van der Waals surface area contributed by atoms with E-state index in [0.29, 0.717) is 24.4 Å². The molecule has 1 fully saturated rings. The quantitative estimate of drug-likeness (QED) is 0.840. The minimum absolute atomic E-state index is 0.241. The molecule has 0 radical (unpaired) electrons. The van der Waals surface area contributed by atoms with Gasteiger partial charge in [-0.15, -0.1) is 0 Å². The first-order valence-electron chi connectivity index (χ1n) is 8.61. The fourth-order valence-electron chi connectivity index (χ4n) is 3.21. The van der Waals surface area contributed by atoms with Crippen LogP contribution in [0.5, 0.6) is 0 Å². The number of likely N-dealkylation sites (tertiary alicyclic amines) is 1. The molecule has 1 aliphatic rings. The average Bonchev–Trinajstić information content (AvgIpc) is 3.14. The molecule has 1 heterocycles. The van der Waals surface area contributed by atoms with Crippen LogP contribution >= 0.6 is 11.6 Å². The number of hydrogen-bond donors (Lipinski definition) is 2. The highest BCUT2D eigenvalue weighted by atomic mass is 35.5. The summed E-state index contributed by atoms with van der Waals surface area (Å²) in [6.07, 6.45) is 1.05. The maximum Gasteiger partial charge on any atom is 0.317 e. The summed E-state index contributed by atoms with van der Waals surface area (Å²) in [5.41, 5.74) is 1.93. The fraction of sp³-hybridized carbons (Fsp3) is 0.300. The van der Waals surface area contributed by atoms with Crippen molar-refractivity contribution < 1.29 is 14.7 Å². The first-order chi connectivity index (χ1) is 12.5. The van der Waals surface area contributed by atoms with Crippen LogP contribution in [-0.2, 0) is 11.2 Å². The summed E-state index contributed by atoms with van der Waals surface area (Å²) in [6, 6.07) is 16.8. The van der Waals surface area contributed by atoms with Crippen LogP contribution in [0, 0.1) is 5.92 Å². The Balaban J connectivity index is 1.75. The number of nitrogens with one attached hydrogen (secondary N) is 1. The highest BCUT2D eigenvalue weighted by Gasteiger charge is 2.31. The van der Waals surface area contributed by atoms with Crippen molar-refractivity contribution in [3.05, 3.63) is 70.7 Å². The van der Waals surface area contributed by atoms with Gasteiger partial charge in [-0.1, -0.05) is 60.1 Å². The van der Waals surface area contributed by atoms with Gasteiger partial charge in [0.2, 0.25) is 0 Å². The third-order valence-electron chi connectivity index (χ3n) is 4.71. The molecule has 0 aliphatic carbocycles. The van der Waals surface area contributed by atoms with E-state index in [2.05, 4.69) is 5.32 Å². The predicted octanol–water partition coefficient (Wildman–Crippen LogP) is 3.74. The number of halogens is 1. The van der Waals surface area contributed by atoms with Gasteiger partial charge in [-0.25, -0.2) is 4.79 Å². The number of nitrogens with zero attached hydrogens (tertiary/aromatic N) is 1. The first-order valence-corrected chi connectivity index (χ1v) is 8.99. The standard InChI is InChI=1S/C20H21ClN2O3/c21-17-9-5-4-8-15(17)12-18(14-6-2-1-3-7-14)22-20(26)23-11-10-16(13-23)19(24)25/h1-9,16,18H,10-13H2,(H,22,26)(H,24,25). The van der Waals surface area contributed by atoms with Gasteiger partial charge < -0.3 is 15.3 Å². The molecule has 1 aliphatic heterocycles. The predicted molar refractivity (Wildman–Crippen MR) is 100 cm³/mol. The van der Waals surface area contributed by atoms with Crippen molar-refractivity contribution in [1.29, 1.82) is 0 Å². The summed E-state index contributed by atoms with van der Waals surface area (Å²) in [6.45, 7) is 0.700. The number of carboxylic acids is 1. The lowest BCUT2D eigenvalue weighted by Crippen LogP contribution is -2.41. The summed E-state index contributed by atoms with van der Waals surface area (Å²) in [4.78, 5) is 25.4. The Morgan fingerprint density at radius 2 is 1.85 bits per heavy atom. The molecule has 2 N–H and O–H groups in total. The van der Waals surface area contributed by atoms with Crippen molar-refractivity contribution in [1.82, 2.24) is 10.2 Å². The van der Waals surface area contributed by atoms with Crippen LogP contribution in [-0.4, -0.2) is 35.1 Å². The molecule has 2 aromatic rings. The Bertz CT molecular complexity index is 782. The molecular formula is C20H21ClN2O3. The van der Waals surface area contributed by atoms with Crippen molar-refractivity contribution >= 4 is 23.6 Å². The number of carboxylic acid groups (broad SMARTS) is 1. The lowest BCUT2D eigenvalue weighted by Gasteiger charge is -2.24. The van der Waals surface area contributed by atoms with Crippen LogP contribution in [0.15, 0.2) is 54.6 Å². The van der Waals surface area contributed by atoms with Gasteiger partial charge >= 0.3 is 12.0 Å². The van der Waals surface area contributed by atoms with Gasteiger partial charge in [-0.2, -0.15) is 0 Å². The molecule has 5 nitrogen and oxygen atoms in total. The molecule has 2 amide bonds. The molecule has 3 rings (SSSR count). The van der Waals surface area contributed by atoms with E-state index in [0.717, 1.165) is 11.1 Å². The zero-order valence-corrected chi connectivity index (χ0v) is 15.0. The van der Waals surface area contributed by atoms with E-state index in [1.807, 2.05) is 54.6 Å². The van der Waals surface area contributed by atoms with E-state index < -0.39 is 11.9 Å². The zero-order chi connectivity index (χ0) is 18.5. The summed E-state index contributed by atoms with van der Waals surface area (Å²) >= 11 is 6.29. The third-order valence-corrected chi connectivity index (χ3v) is 5.07. The molecule has 26 heavy (non-hydrogen) atoms. The lowest BCUT2D eigenvalue weighted by atomic mass is 9.99. The van der Waals surface area contributed by atoms with Gasteiger partial charge in [0.1, 0.15) is 0 Å². The minimum Gasteiger partial charge on any atom is -0.481 e. The van der Waals surface area contributed by atoms with E-state index in [4.69, 9.17) is 16.7 Å². The Kier molecular flexibility index (Phi) is 5.78. The number of benzene rings is 2. The van der Waals surface area contributed by atoms with Gasteiger partial charge in [0, 0.05) is 18.1 Å². The number of carbonyl (C=O) groups is 2. The van der Waals surface area contributed by atoms with Gasteiger partial charge in [-0.05, 0) is 30.0 Å². The van der Waals surface area contributed by atoms with Crippen LogP contribution < -0.4 is 5.32 Å². The van der Waals surface area contributed by atoms with Crippen LogP contribution in [0.1, 0.15) is 23.6 Å². The number of aliphatic carboxylic acids is 1. The summed E-state index contributed by atoms with van der Waals surface area (Å²) in [7, 11) is 0. The number of hydrogen-bond acceptors (Lipinski definition) is 2. The highest BCUT2D eigenvalue weighted by molar-refractivity contribution is 6.31. The smallest absolute Gasteiger partial charge is 0.317 e.